The van der Waals surface area contributed by atoms with Crippen molar-refractivity contribution in [2.45, 2.75) is 263 Å². The van der Waals surface area contributed by atoms with Crippen molar-refractivity contribution in [3.63, 3.8) is 0 Å². The maximum atomic E-state index is 6.32. The lowest BCUT2D eigenvalue weighted by atomic mass is 10.0. The minimum Gasteiger partial charge on any atom is -1.00 e. The highest BCUT2D eigenvalue weighted by Gasteiger charge is 2.44. The van der Waals surface area contributed by atoms with E-state index in [-0.39, 0.29) is 37.0 Å². The van der Waals surface area contributed by atoms with E-state index in [1.165, 1.54) is 219 Å². The fourth-order valence-corrected chi connectivity index (χ4v) is 16.2. The first-order valence-electron chi connectivity index (χ1n) is 32.5. The van der Waals surface area contributed by atoms with Gasteiger partial charge in [0.15, 0.2) is 0 Å². The first-order chi connectivity index (χ1) is 36.6. The molecule has 0 aliphatic carbocycles. The van der Waals surface area contributed by atoms with Gasteiger partial charge in [0, 0.05) is 31.5 Å². The number of hydrogen-bond donors (Lipinski definition) is 0. The smallest absolute Gasteiger partial charge is 0.501 e. The highest BCUT2D eigenvalue weighted by atomic mass is 35.5. The van der Waals surface area contributed by atoms with Crippen molar-refractivity contribution in [2.75, 3.05) is 134 Å². The second-order valence-corrected chi connectivity index (χ2v) is 29.9. The monoisotopic (exact) mass is 1170 g/mol. The van der Waals surface area contributed by atoms with Crippen LogP contribution in [0, 0.1) is 0 Å². The summed E-state index contributed by atoms with van der Waals surface area (Å²) in [6, 6.07) is 1.78. The summed E-state index contributed by atoms with van der Waals surface area (Å²) < 4.78 is 62.6. The number of ether oxygens (including phenoxy) is 4. The number of nitrogens with zero attached hydrogens (tertiary/aromatic N) is 2. The van der Waals surface area contributed by atoms with Crippen LogP contribution in [0.1, 0.15) is 239 Å². The average molecular weight is 1170 g/mol. The van der Waals surface area contributed by atoms with Crippen LogP contribution in [0.2, 0.25) is 12.1 Å². The van der Waals surface area contributed by atoms with E-state index < -0.39 is 17.6 Å². The first kappa shape index (κ1) is 75.5. The van der Waals surface area contributed by atoms with E-state index in [9.17, 15) is 0 Å². The number of unbranched alkanes of at least 4 members (excludes halogenated alkanes) is 30. The quantitative estimate of drug-likeness (QED) is 0.0336. The number of fused-ring (bicyclic) bond motifs is 7. The second kappa shape index (κ2) is 49.9. The molecule has 0 aromatic rings. The maximum Gasteiger partial charge on any atom is 0.501 e. The molecular formula is C61H126Cl2N2O10Si2. The van der Waals surface area contributed by atoms with Crippen LogP contribution in [0.15, 0.2) is 0 Å². The second-order valence-electron chi connectivity index (χ2n) is 24.4. The highest BCUT2D eigenvalue weighted by Crippen LogP contribution is 2.25. The van der Waals surface area contributed by atoms with Gasteiger partial charge in [0.25, 0.3) is 0 Å². The largest absolute Gasteiger partial charge is 1.00 e. The molecule has 0 amide bonds. The third-order valence-corrected chi connectivity index (χ3v) is 22.0. The Balaban J connectivity index is 0.000000751. The van der Waals surface area contributed by atoms with Crippen LogP contribution in [0.25, 0.3) is 0 Å². The van der Waals surface area contributed by atoms with Gasteiger partial charge in [-0.15, -0.1) is 0 Å². The van der Waals surface area contributed by atoms with Crippen molar-refractivity contribution in [1.29, 1.82) is 0 Å². The van der Waals surface area contributed by atoms with E-state index in [0.717, 1.165) is 53.4 Å². The van der Waals surface area contributed by atoms with Crippen LogP contribution in [-0.4, -0.2) is 172 Å². The van der Waals surface area contributed by atoms with Gasteiger partial charge in [-0.05, 0) is 32.1 Å². The summed E-state index contributed by atoms with van der Waals surface area (Å²) in [6.07, 6.45) is 48.7. The Labute approximate surface area is 491 Å². The third kappa shape index (κ3) is 41.2. The SMILES string of the molecule is CCCCCCCCCCCCCCCCCC[N+](C)(C)CCC[Si]12OCCOCC(CCO1)OCCO2.CCCCCCCCCCCCCCCCCC[N+](C)(C)CCC[Si]12OCCOCC(CO1)OCCO2.[Cl-].[Cl-]. The lowest BCUT2D eigenvalue weighted by molar-refractivity contribution is -0.890. The van der Waals surface area contributed by atoms with E-state index in [4.69, 9.17) is 45.5 Å². The summed E-state index contributed by atoms with van der Waals surface area (Å²) in [5, 5.41) is 0. The van der Waals surface area contributed by atoms with E-state index in [0.29, 0.717) is 79.3 Å². The van der Waals surface area contributed by atoms with Gasteiger partial charge in [-0.3, -0.25) is 0 Å². The molecule has 4 saturated heterocycles. The zero-order valence-electron chi connectivity index (χ0n) is 51.4. The summed E-state index contributed by atoms with van der Waals surface area (Å²) in [7, 11) is 4.18. The Morgan fingerprint density at radius 2 is 0.584 bits per heavy atom. The van der Waals surface area contributed by atoms with Crippen molar-refractivity contribution in [2.24, 2.45) is 0 Å². The summed E-state index contributed by atoms with van der Waals surface area (Å²) >= 11 is 0. The molecule has 16 heteroatoms. The Hall–Kier alpha value is 0.534. The van der Waals surface area contributed by atoms with Gasteiger partial charge < -0.3 is 79.3 Å². The molecule has 4 aliphatic heterocycles. The summed E-state index contributed by atoms with van der Waals surface area (Å²) in [4.78, 5) is 0. The van der Waals surface area contributed by atoms with Crippen LogP contribution in [0.3, 0.4) is 0 Å². The summed E-state index contributed by atoms with van der Waals surface area (Å²) in [5.74, 6) is 0. The van der Waals surface area contributed by atoms with E-state index in [1.807, 2.05) is 0 Å². The predicted octanol–water partition coefficient (Wildman–Crippen LogP) is 8.66. The van der Waals surface area contributed by atoms with Crippen LogP contribution in [0.5, 0.6) is 0 Å². The minimum absolute atomic E-state index is 0. The molecule has 4 unspecified atom stereocenters. The Kier molecular flexibility index (Phi) is 49.0. The van der Waals surface area contributed by atoms with Crippen molar-refractivity contribution in [3.05, 3.63) is 0 Å². The predicted molar refractivity (Wildman–Crippen MR) is 315 cm³/mol. The molecule has 4 bridgehead atoms. The van der Waals surface area contributed by atoms with E-state index >= 15 is 0 Å². The number of quaternary nitrogens is 2. The molecule has 4 fully saturated rings. The molecule has 0 spiro atoms. The zero-order chi connectivity index (χ0) is 53.7. The normalized spacial score (nSPS) is 22.7. The van der Waals surface area contributed by atoms with Gasteiger partial charge in [0.1, 0.15) is 6.10 Å². The molecule has 4 heterocycles. The van der Waals surface area contributed by atoms with Gasteiger partial charge in [0.05, 0.1) is 133 Å². The molecular weight excluding hydrogens is 1050 g/mol. The fraction of sp³-hybridized carbons (Fsp3) is 1.00. The molecule has 0 N–H and O–H groups in total. The molecule has 0 aromatic carbocycles. The Morgan fingerprint density at radius 3 is 0.961 bits per heavy atom. The molecule has 77 heavy (non-hydrogen) atoms. The lowest BCUT2D eigenvalue weighted by Gasteiger charge is -2.34. The molecule has 4 aliphatic rings. The molecule has 4 atom stereocenters. The minimum atomic E-state index is -2.66. The van der Waals surface area contributed by atoms with Crippen molar-refractivity contribution in [3.8, 4) is 0 Å². The standard InChI is InChI=1S/C31H64NO5Si.C30H62NO5Si.2ClH/c1-4-5-6-7-8-9-10-11-12-13-14-15-16-17-18-19-22-32(2,3)23-20-29-38-35-24-21-31(34-26-28-37-38)30-33-25-27-36-38;1-4-5-6-7-8-9-10-11-12-13-14-15-16-17-18-19-21-31(2,3)22-20-27-37-34-25-23-32-28-30(29-36-37)33-24-26-35-37;;/h31H,4-30H2,1-3H3;30H,4-29H2,1-3H3;2*1H/q2*+1;;/p-2. The molecule has 4 rings (SSSR count). The number of hydrogen-bond acceptors (Lipinski definition) is 10. The zero-order valence-corrected chi connectivity index (χ0v) is 54.9. The van der Waals surface area contributed by atoms with E-state index in [1.54, 1.807) is 0 Å². The van der Waals surface area contributed by atoms with Crippen LogP contribution < -0.4 is 24.8 Å². The topological polar surface area (TPSA) is 92.3 Å². The van der Waals surface area contributed by atoms with Crippen LogP contribution in [-0.2, 0) is 45.5 Å². The number of rotatable bonds is 42. The van der Waals surface area contributed by atoms with Gasteiger partial charge in [-0.2, -0.15) is 0 Å². The van der Waals surface area contributed by atoms with Gasteiger partial charge in [0.2, 0.25) is 0 Å². The summed E-state index contributed by atoms with van der Waals surface area (Å²) in [5.41, 5.74) is 0. The van der Waals surface area contributed by atoms with Crippen molar-refractivity contribution in [1.82, 2.24) is 0 Å². The van der Waals surface area contributed by atoms with Crippen LogP contribution in [0.4, 0.5) is 0 Å². The van der Waals surface area contributed by atoms with Crippen molar-refractivity contribution >= 4 is 17.6 Å². The molecule has 12 nitrogen and oxygen atoms in total. The van der Waals surface area contributed by atoms with Crippen LogP contribution >= 0.6 is 0 Å². The maximum absolute atomic E-state index is 6.32. The molecule has 0 radical (unpaired) electrons. The van der Waals surface area contributed by atoms with Gasteiger partial charge in [-0.25, -0.2) is 0 Å². The Bertz CT molecular complexity index is 1290. The number of halogens is 2. The molecule has 0 saturated carbocycles. The fourth-order valence-electron chi connectivity index (χ4n) is 11.2. The van der Waals surface area contributed by atoms with E-state index in [2.05, 4.69) is 42.0 Å². The van der Waals surface area contributed by atoms with Crippen molar-refractivity contribution < 1.29 is 79.3 Å². The highest BCUT2D eigenvalue weighted by molar-refractivity contribution is 6.61. The van der Waals surface area contributed by atoms with Gasteiger partial charge in [-0.1, -0.05) is 194 Å². The Morgan fingerprint density at radius 1 is 0.299 bits per heavy atom. The lowest BCUT2D eigenvalue weighted by Crippen LogP contribution is -3.00. The van der Waals surface area contributed by atoms with Gasteiger partial charge >= 0.3 is 17.6 Å². The first-order valence-corrected chi connectivity index (χ1v) is 36.3. The molecule has 462 valence electrons. The average Bonchev–Trinajstić information content (AvgIpc) is 3.50. The molecule has 0 aromatic heterocycles. The summed E-state index contributed by atoms with van der Waals surface area (Å²) in [6.45, 7) is 16.3. The third-order valence-electron chi connectivity index (χ3n) is 16.2.